The Labute approximate surface area is 157 Å². The van der Waals surface area contributed by atoms with Crippen LogP contribution in [-0.4, -0.2) is 47.8 Å². The third kappa shape index (κ3) is 3.29. The summed E-state index contributed by atoms with van der Waals surface area (Å²) in [6.45, 7) is 2.81. The fourth-order valence-electron chi connectivity index (χ4n) is 3.05. The maximum atomic E-state index is 12.7. The molecule has 6 heteroatoms. The van der Waals surface area contributed by atoms with Crippen LogP contribution < -0.4 is 0 Å². The second-order valence-electron chi connectivity index (χ2n) is 6.32. The summed E-state index contributed by atoms with van der Waals surface area (Å²) in [5.41, 5.74) is 2.74. The van der Waals surface area contributed by atoms with Gasteiger partial charge in [0.15, 0.2) is 0 Å². The van der Waals surface area contributed by atoms with E-state index in [1.54, 1.807) is 48.0 Å². The van der Waals surface area contributed by atoms with Crippen LogP contribution in [0.25, 0.3) is 11.1 Å². The maximum Gasteiger partial charge on any atom is 0.254 e. The highest BCUT2D eigenvalue weighted by molar-refractivity contribution is 6.32. The Bertz CT molecular complexity index is 902. The Kier molecular flexibility index (Phi) is 4.97. The van der Waals surface area contributed by atoms with E-state index in [4.69, 9.17) is 16.9 Å². The van der Waals surface area contributed by atoms with Crippen molar-refractivity contribution in [3.05, 3.63) is 58.6 Å². The average Bonchev–Trinajstić information content (AvgIpc) is 2.66. The van der Waals surface area contributed by atoms with E-state index in [1.807, 2.05) is 24.3 Å². The van der Waals surface area contributed by atoms with Crippen molar-refractivity contribution in [3.8, 4) is 17.2 Å². The summed E-state index contributed by atoms with van der Waals surface area (Å²) < 4.78 is 0. The molecule has 3 rings (SSSR count). The van der Waals surface area contributed by atoms with E-state index in [9.17, 15) is 9.59 Å². The van der Waals surface area contributed by atoms with Gasteiger partial charge in [0.05, 0.1) is 10.6 Å². The highest BCUT2D eigenvalue weighted by Crippen LogP contribution is 2.26. The molecular formula is C20H18ClN3O2. The van der Waals surface area contributed by atoms with Crippen LogP contribution in [-0.2, 0) is 4.79 Å². The van der Waals surface area contributed by atoms with Crippen LogP contribution in [0.2, 0.25) is 5.02 Å². The number of carbonyl (C=O) groups is 2. The van der Waals surface area contributed by atoms with Crippen molar-refractivity contribution in [2.45, 2.75) is 13.0 Å². The lowest BCUT2D eigenvalue weighted by Gasteiger charge is -2.37. The maximum absolute atomic E-state index is 12.7. The Hall–Kier alpha value is -2.84. The van der Waals surface area contributed by atoms with Crippen LogP contribution in [0.5, 0.6) is 0 Å². The van der Waals surface area contributed by atoms with E-state index in [0.717, 1.165) is 11.1 Å². The summed E-state index contributed by atoms with van der Waals surface area (Å²) in [5, 5.41) is 9.35. The zero-order valence-corrected chi connectivity index (χ0v) is 15.3. The topological polar surface area (TPSA) is 64.4 Å². The van der Waals surface area contributed by atoms with E-state index in [1.165, 1.54) is 0 Å². The second kappa shape index (κ2) is 7.19. The van der Waals surface area contributed by atoms with E-state index in [-0.39, 0.29) is 11.8 Å². The molecule has 132 valence electrons. The average molecular weight is 368 g/mol. The van der Waals surface area contributed by atoms with Crippen molar-refractivity contribution in [1.82, 2.24) is 9.80 Å². The van der Waals surface area contributed by atoms with Crippen LogP contribution in [0.3, 0.4) is 0 Å². The molecular weight excluding hydrogens is 350 g/mol. The molecule has 1 aliphatic heterocycles. The van der Waals surface area contributed by atoms with Gasteiger partial charge in [-0.25, -0.2) is 0 Å². The number of rotatable bonds is 2. The first-order chi connectivity index (χ1) is 12.4. The third-order valence-electron chi connectivity index (χ3n) is 4.69. The number of amides is 2. The van der Waals surface area contributed by atoms with Crippen molar-refractivity contribution in [2.24, 2.45) is 0 Å². The molecule has 0 aromatic heterocycles. The number of hydrogen-bond acceptors (Lipinski definition) is 3. The van der Waals surface area contributed by atoms with E-state index < -0.39 is 6.04 Å². The second-order valence-corrected chi connectivity index (χ2v) is 6.73. The molecule has 2 amide bonds. The highest BCUT2D eigenvalue weighted by atomic mass is 35.5. The number of hydrogen-bond donors (Lipinski definition) is 0. The van der Waals surface area contributed by atoms with E-state index >= 15 is 0 Å². The third-order valence-corrected chi connectivity index (χ3v) is 5.01. The van der Waals surface area contributed by atoms with Crippen molar-refractivity contribution in [1.29, 1.82) is 5.26 Å². The van der Waals surface area contributed by atoms with Gasteiger partial charge in [-0.15, -0.1) is 0 Å². The molecule has 1 atom stereocenters. The molecule has 0 saturated carbocycles. The van der Waals surface area contributed by atoms with Gasteiger partial charge in [-0.1, -0.05) is 29.8 Å². The summed E-state index contributed by atoms with van der Waals surface area (Å²) >= 11 is 6.08. The molecule has 0 radical (unpaired) electrons. The van der Waals surface area contributed by atoms with E-state index in [2.05, 4.69) is 0 Å². The smallest absolute Gasteiger partial charge is 0.254 e. The van der Waals surface area contributed by atoms with Crippen LogP contribution in [0.15, 0.2) is 42.5 Å². The van der Waals surface area contributed by atoms with E-state index in [0.29, 0.717) is 29.2 Å². The van der Waals surface area contributed by atoms with Gasteiger partial charge in [-0.3, -0.25) is 9.59 Å². The summed E-state index contributed by atoms with van der Waals surface area (Å²) in [5.74, 6) is -0.197. The summed E-state index contributed by atoms with van der Waals surface area (Å²) in [4.78, 5) is 28.1. The minimum absolute atomic E-state index is 0.0477. The Morgan fingerprint density at radius 2 is 1.81 bits per heavy atom. The van der Waals surface area contributed by atoms with Crippen LogP contribution >= 0.6 is 11.6 Å². The van der Waals surface area contributed by atoms with Gasteiger partial charge < -0.3 is 9.80 Å². The zero-order valence-electron chi connectivity index (χ0n) is 14.6. The number of carbonyl (C=O) groups excluding carboxylic acids is 2. The minimum atomic E-state index is -0.460. The lowest BCUT2D eigenvalue weighted by atomic mass is 10.0. The fourth-order valence-corrected chi connectivity index (χ4v) is 3.27. The number of nitriles is 1. The molecule has 1 unspecified atom stereocenters. The van der Waals surface area contributed by atoms with Crippen molar-refractivity contribution >= 4 is 23.4 Å². The van der Waals surface area contributed by atoms with Crippen molar-refractivity contribution in [2.75, 3.05) is 20.1 Å². The van der Waals surface area contributed by atoms with Gasteiger partial charge in [0.25, 0.3) is 5.91 Å². The first-order valence-corrected chi connectivity index (χ1v) is 8.66. The fraction of sp³-hybridized carbons (Fsp3) is 0.250. The predicted octanol–water partition coefficient (Wildman–Crippen LogP) is 3.18. The summed E-state index contributed by atoms with van der Waals surface area (Å²) in [7, 11) is 1.75. The van der Waals surface area contributed by atoms with Gasteiger partial charge in [0, 0.05) is 25.7 Å². The molecule has 0 aliphatic carbocycles. The molecule has 1 saturated heterocycles. The number of nitrogens with zero attached hydrogens (tertiary/aromatic N) is 3. The summed E-state index contributed by atoms with van der Waals surface area (Å²) in [6, 6.07) is 14.0. The number of halogens is 1. The van der Waals surface area contributed by atoms with Gasteiger partial charge >= 0.3 is 0 Å². The Balaban J connectivity index is 1.81. The quantitative estimate of drug-likeness (QED) is 0.818. The molecule has 0 N–H and O–H groups in total. The first kappa shape index (κ1) is 18.0. The zero-order chi connectivity index (χ0) is 18.8. The standard InChI is InChI=1S/C20H18ClN3O2/c1-13-19(25)23(2)9-10-24(13)20(26)15-5-3-14(4-6-15)16-7-8-17(12-22)18(21)11-16/h3-8,11,13H,9-10H2,1-2H3. The van der Waals surface area contributed by atoms with Crippen LogP contribution in [0, 0.1) is 11.3 Å². The molecule has 26 heavy (non-hydrogen) atoms. The molecule has 1 heterocycles. The molecule has 2 aromatic rings. The summed E-state index contributed by atoms with van der Waals surface area (Å²) in [6.07, 6.45) is 0. The van der Waals surface area contributed by atoms with Gasteiger partial charge in [0.2, 0.25) is 5.91 Å². The molecule has 1 fully saturated rings. The number of benzene rings is 2. The Morgan fingerprint density at radius 3 is 2.42 bits per heavy atom. The largest absolute Gasteiger partial charge is 0.342 e. The first-order valence-electron chi connectivity index (χ1n) is 8.28. The lowest BCUT2D eigenvalue weighted by Crippen LogP contribution is -2.56. The van der Waals surface area contributed by atoms with Crippen molar-refractivity contribution in [3.63, 3.8) is 0 Å². The van der Waals surface area contributed by atoms with Crippen LogP contribution in [0.1, 0.15) is 22.8 Å². The van der Waals surface area contributed by atoms with Gasteiger partial charge in [0.1, 0.15) is 12.1 Å². The predicted molar refractivity (Wildman–Crippen MR) is 99.7 cm³/mol. The van der Waals surface area contributed by atoms with Crippen molar-refractivity contribution < 1.29 is 9.59 Å². The number of piperazine rings is 1. The van der Waals surface area contributed by atoms with Gasteiger partial charge in [-0.05, 0) is 42.3 Å². The monoisotopic (exact) mass is 367 g/mol. The molecule has 1 aliphatic rings. The lowest BCUT2D eigenvalue weighted by molar-refractivity contribution is -0.137. The molecule has 5 nitrogen and oxygen atoms in total. The SMILES string of the molecule is CC1C(=O)N(C)CCN1C(=O)c1ccc(-c2ccc(C#N)c(Cl)c2)cc1. The normalized spacial score (nSPS) is 17.2. The molecule has 0 bridgehead atoms. The van der Waals surface area contributed by atoms with Gasteiger partial charge in [-0.2, -0.15) is 5.26 Å². The Morgan fingerprint density at radius 1 is 1.15 bits per heavy atom. The number of likely N-dealkylation sites (N-methyl/N-ethyl adjacent to an activating group) is 1. The molecule has 2 aromatic carbocycles. The van der Waals surface area contributed by atoms with Crippen LogP contribution in [0.4, 0.5) is 0 Å². The minimum Gasteiger partial charge on any atom is -0.342 e. The highest BCUT2D eigenvalue weighted by Gasteiger charge is 2.32. The molecule has 0 spiro atoms.